The van der Waals surface area contributed by atoms with Crippen LogP contribution in [0.2, 0.25) is 0 Å². The predicted octanol–water partition coefficient (Wildman–Crippen LogP) is 2.16. The summed E-state index contributed by atoms with van der Waals surface area (Å²) in [5.74, 6) is 0.129. The van der Waals surface area contributed by atoms with Crippen molar-refractivity contribution in [3.05, 3.63) is 51.0 Å². The number of quaternary nitrogens is 2. The summed E-state index contributed by atoms with van der Waals surface area (Å²) in [6.45, 7) is 3.32. The summed E-state index contributed by atoms with van der Waals surface area (Å²) in [6.07, 6.45) is 3.69. The maximum atomic E-state index is 14.0. The number of methoxy groups -OCH3 is 1. The van der Waals surface area contributed by atoms with E-state index in [1.807, 2.05) is 31.2 Å². The maximum Gasteiger partial charge on any atom is 0.476 e. The van der Waals surface area contributed by atoms with E-state index in [1.165, 1.54) is 17.5 Å². The topological polar surface area (TPSA) is 216 Å². The minimum atomic E-state index is -4.17. The second-order valence-corrected chi connectivity index (χ2v) is 13.6. The highest BCUT2D eigenvalue weighted by Gasteiger charge is 2.33. The van der Waals surface area contributed by atoms with Crippen LogP contribution in [0.15, 0.2) is 36.9 Å². The van der Waals surface area contributed by atoms with Gasteiger partial charge >= 0.3 is 15.6 Å². The molecule has 19 nitrogen and oxygen atoms in total. The molecule has 21 heteroatoms. The van der Waals surface area contributed by atoms with E-state index in [0.29, 0.717) is 61.2 Å². The Balaban J connectivity index is 1.44. The summed E-state index contributed by atoms with van der Waals surface area (Å²) in [7, 11) is 0.845. The Labute approximate surface area is 284 Å². The molecule has 3 heterocycles. The molecule has 0 fully saturated rings. The van der Waals surface area contributed by atoms with Gasteiger partial charge in [0.25, 0.3) is 5.88 Å². The highest BCUT2D eigenvalue weighted by Crippen LogP contribution is 2.54. The van der Waals surface area contributed by atoms with Gasteiger partial charge in [0.2, 0.25) is 0 Å². The Morgan fingerprint density at radius 3 is 2.20 bits per heavy atom. The van der Waals surface area contributed by atoms with Crippen LogP contribution in [0, 0.1) is 14.1 Å². The molecule has 3 aromatic heterocycles. The molecule has 4 N–H and O–H groups in total. The number of ether oxygens (including phenoxy) is 1. The fourth-order valence-electron chi connectivity index (χ4n) is 4.24. The Kier molecular flexibility index (Phi) is 15.9. The quantitative estimate of drug-likeness (QED) is 0.0538. The molecule has 0 aliphatic heterocycles. The molecule has 3 unspecified atom stereocenters. The van der Waals surface area contributed by atoms with Crippen LogP contribution in [0.3, 0.4) is 0 Å². The van der Waals surface area contributed by atoms with Gasteiger partial charge < -0.3 is 20.2 Å². The molecule has 4 rings (SSSR count). The van der Waals surface area contributed by atoms with Crippen LogP contribution in [-0.4, -0.2) is 94.5 Å². The monoisotopic (exact) mass is 729 g/mol. The molecular formula is C28H45N9O10P2. The number of fused-ring (bicyclic) bond motifs is 2. The maximum absolute atomic E-state index is 14.0. The Bertz CT molecular complexity index is 1660. The zero-order chi connectivity index (χ0) is 35.0. The molecular weight excluding hydrogens is 684 g/mol. The highest BCUT2D eigenvalue weighted by atomic mass is 31.2. The van der Waals surface area contributed by atoms with Crippen molar-refractivity contribution in [3.8, 4) is 5.88 Å². The lowest BCUT2D eigenvalue weighted by molar-refractivity contribution is -0.596. The van der Waals surface area contributed by atoms with Crippen molar-refractivity contribution in [2.24, 2.45) is 0 Å². The second-order valence-electron chi connectivity index (χ2n) is 10.3. The van der Waals surface area contributed by atoms with E-state index in [-0.39, 0.29) is 45.3 Å². The van der Waals surface area contributed by atoms with Crippen molar-refractivity contribution >= 4 is 37.8 Å². The third-order valence-electron chi connectivity index (χ3n) is 6.59. The van der Waals surface area contributed by atoms with E-state index < -0.39 is 21.9 Å². The van der Waals surface area contributed by atoms with E-state index in [4.69, 9.17) is 36.7 Å². The first-order chi connectivity index (χ1) is 23.8. The predicted molar refractivity (Wildman–Crippen MR) is 174 cm³/mol. The molecule has 0 saturated carbocycles. The van der Waals surface area contributed by atoms with Crippen LogP contribution in [0.1, 0.15) is 38.8 Å². The van der Waals surface area contributed by atoms with Crippen molar-refractivity contribution in [2.45, 2.75) is 38.8 Å². The summed E-state index contributed by atoms with van der Waals surface area (Å²) in [4.78, 5) is 20.3. The van der Waals surface area contributed by atoms with Gasteiger partial charge in [0.1, 0.15) is 36.8 Å². The molecule has 272 valence electrons. The van der Waals surface area contributed by atoms with Gasteiger partial charge in [0, 0.05) is 13.7 Å². The minimum Gasteiger partial charge on any atom is -0.477 e. The van der Waals surface area contributed by atoms with E-state index in [1.54, 1.807) is 22.3 Å². The van der Waals surface area contributed by atoms with Crippen molar-refractivity contribution in [2.75, 3.05) is 59.8 Å². The SMILES string of the molecule is [CH2-][NH2+]CCOP(=O)(OCCCOC)OCCCOP(=O)(OCC[NH2+][CH2-])OC(CCC)n1cnc2c(On3nnc4ccccc43)ncnc21. The molecule has 49 heavy (non-hydrogen) atoms. The number of hydrogen-bond acceptors (Lipinski definition) is 15. The summed E-state index contributed by atoms with van der Waals surface area (Å²) in [6, 6.07) is 7.30. The summed E-state index contributed by atoms with van der Waals surface area (Å²) >= 11 is 0. The van der Waals surface area contributed by atoms with E-state index >= 15 is 0 Å². The van der Waals surface area contributed by atoms with Crippen molar-refractivity contribution in [1.29, 1.82) is 0 Å². The van der Waals surface area contributed by atoms with Crippen molar-refractivity contribution < 1.29 is 56.5 Å². The molecule has 4 aromatic rings. The number of phosphoric ester groups is 2. The summed E-state index contributed by atoms with van der Waals surface area (Å²) in [5.41, 5.74) is 1.96. The van der Waals surface area contributed by atoms with Gasteiger partial charge in [-0.25, -0.2) is 19.1 Å². The smallest absolute Gasteiger partial charge is 0.476 e. The number of hydrogen-bond donors (Lipinski definition) is 2. The highest BCUT2D eigenvalue weighted by molar-refractivity contribution is 7.48. The molecule has 0 spiro atoms. The average Bonchev–Trinajstić information content (AvgIpc) is 3.72. The van der Waals surface area contributed by atoms with Gasteiger partial charge in [-0.15, -0.1) is 5.10 Å². The third kappa shape index (κ3) is 11.6. The van der Waals surface area contributed by atoms with Gasteiger partial charge in [-0.2, -0.15) is 19.1 Å². The first kappa shape index (κ1) is 38.9. The largest absolute Gasteiger partial charge is 0.477 e. The van der Waals surface area contributed by atoms with E-state index in [0.717, 1.165) is 0 Å². The number of nitrogens with zero attached hydrogens (tertiary/aromatic N) is 7. The standard InChI is InChI=1S/C28H45N9O10P2/c1-5-10-25(36-22-33-26-27(36)31-21-32-28(26)46-37-24-12-7-6-11-23(24)34-35-37)47-49(39,45-20-14-30-3)43-18-9-17-42-48(38,44-19-13-29-2)41-16-8-15-40-4/h6-7,11-12,21-22,25H,2-3,5,8-10,13-20,29-30H2,1,4H3. The number of aromatic nitrogens is 7. The minimum absolute atomic E-state index is 0.0362. The van der Waals surface area contributed by atoms with Gasteiger partial charge in [-0.3, -0.25) is 31.7 Å². The van der Waals surface area contributed by atoms with E-state index in [9.17, 15) is 9.13 Å². The van der Waals surface area contributed by atoms with Crippen LogP contribution in [0.5, 0.6) is 5.88 Å². The molecule has 3 atom stereocenters. The Morgan fingerprint density at radius 1 is 0.857 bits per heavy atom. The number of imidazole rings is 1. The number of phosphoric acid groups is 2. The lowest BCUT2D eigenvalue weighted by Gasteiger charge is -2.25. The molecule has 0 radical (unpaired) electrons. The molecule has 0 amide bonds. The average molecular weight is 730 g/mol. The van der Waals surface area contributed by atoms with Gasteiger partial charge in [-0.05, 0) is 36.6 Å². The zero-order valence-corrected chi connectivity index (χ0v) is 29.5. The number of nitrogens with two attached hydrogens (primary N) is 2. The van der Waals surface area contributed by atoms with Crippen LogP contribution < -0.4 is 15.5 Å². The lowest BCUT2D eigenvalue weighted by Crippen LogP contribution is -2.77. The number of rotatable bonds is 26. The van der Waals surface area contributed by atoms with Gasteiger partial charge in [0.05, 0.1) is 39.2 Å². The number of benzene rings is 1. The normalized spacial score (nSPS) is 15.0. The van der Waals surface area contributed by atoms with Crippen LogP contribution >= 0.6 is 15.6 Å². The zero-order valence-electron chi connectivity index (χ0n) is 27.7. The lowest BCUT2D eigenvalue weighted by atomic mass is 10.3. The second kappa shape index (κ2) is 20.1. The molecule has 1 aromatic carbocycles. The molecule has 0 saturated heterocycles. The number of para-hydroxylation sites is 1. The van der Waals surface area contributed by atoms with Crippen LogP contribution in [0.25, 0.3) is 22.2 Å². The van der Waals surface area contributed by atoms with Crippen LogP contribution in [-0.2, 0) is 41.0 Å². The third-order valence-corrected chi connectivity index (χ3v) is 9.58. The Hall–Kier alpha value is -2.93. The molecule has 0 bridgehead atoms. The molecule has 0 aliphatic carbocycles. The van der Waals surface area contributed by atoms with Crippen LogP contribution in [0.4, 0.5) is 0 Å². The van der Waals surface area contributed by atoms with Gasteiger partial charge in [-0.1, -0.05) is 30.3 Å². The van der Waals surface area contributed by atoms with Crippen molar-refractivity contribution in [1.82, 2.24) is 34.7 Å². The van der Waals surface area contributed by atoms with Crippen molar-refractivity contribution in [3.63, 3.8) is 0 Å². The van der Waals surface area contributed by atoms with Gasteiger partial charge in [0.15, 0.2) is 11.2 Å². The summed E-state index contributed by atoms with van der Waals surface area (Å²) < 4.78 is 67.4. The summed E-state index contributed by atoms with van der Waals surface area (Å²) in [5, 5.41) is 11.4. The first-order valence-electron chi connectivity index (χ1n) is 15.8. The van der Waals surface area contributed by atoms with E-state index in [2.05, 4.69) is 39.4 Å². The first-order valence-corrected chi connectivity index (χ1v) is 18.8. The fourth-order valence-corrected chi connectivity index (χ4v) is 6.88. The molecule has 0 aliphatic rings. The Morgan fingerprint density at radius 2 is 1.51 bits per heavy atom. The fraction of sp³-hybridized carbons (Fsp3) is 0.536.